The van der Waals surface area contributed by atoms with Crippen molar-refractivity contribution in [3.63, 3.8) is 0 Å². The van der Waals surface area contributed by atoms with Crippen LogP contribution < -0.4 is 15.5 Å². The first-order valence-corrected chi connectivity index (χ1v) is 12.4. The molecule has 1 aromatic carbocycles. The summed E-state index contributed by atoms with van der Waals surface area (Å²) >= 11 is 0. The summed E-state index contributed by atoms with van der Waals surface area (Å²) in [5.41, 5.74) is 3.71. The lowest BCUT2D eigenvalue weighted by molar-refractivity contribution is -0.00197. The van der Waals surface area contributed by atoms with E-state index in [2.05, 4.69) is 22.5 Å². The predicted octanol–water partition coefficient (Wildman–Crippen LogP) is 2.47. The maximum atomic E-state index is 12.1. The molecule has 35 heavy (non-hydrogen) atoms. The van der Waals surface area contributed by atoms with Crippen molar-refractivity contribution >= 4 is 22.9 Å². The van der Waals surface area contributed by atoms with Crippen LogP contribution in [0.25, 0.3) is 22.3 Å². The second-order valence-electron chi connectivity index (χ2n) is 9.53. The molecule has 2 N–H and O–H groups in total. The Bertz CT molecular complexity index is 1260. The first kappa shape index (κ1) is 22.3. The number of carbonyl (C=O) groups excluding carboxylic acids is 1. The number of hydrogen-bond acceptors (Lipinski definition) is 8. The van der Waals surface area contributed by atoms with Crippen molar-refractivity contribution < 1.29 is 14.3 Å². The number of nitrogens with one attached hydrogen (secondary N) is 2. The van der Waals surface area contributed by atoms with E-state index in [1.54, 1.807) is 13.1 Å². The van der Waals surface area contributed by atoms with E-state index in [0.717, 1.165) is 54.8 Å². The summed E-state index contributed by atoms with van der Waals surface area (Å²) in [6, 6.07) is 11.6. The molecule has 0 saturated carbocycles. The fourth-order valence-corrected chi connectivity index (χ4v) is 5.32. The Morgan fingerprint density at radius 1 is 1.11 bits per heavy atom. The zero-order chi connectivity index (χ0) is 23.9. The number of rotatable bonds is 4. The van der Waals surface area contributed by atoms with Gasteiger partial charge in [0.15, 0.2) is 5.65 Å². The molecule has 3 unspecified atom stereocenters. The van der Waals surface area contributed by atoms with Gasteiger partial charge in [-0.25, -0.2) is 9.97 Å². The van der Waals surface area contributed by atoms with Gasteiger partial charge in [-0.15, -0.1) is 0 Å². The fraction of sp³-hybridized carbons (Fsp3) is 0.462. The van der Waals surface area contributed by atoms with E-state index in [9.17, 15) is 4.79 Å². The van der Waals surface area contributed by atoms with E-state index in [0.29, 0.717) is 23.8 Å². The van der Waals surface area contributed by atoms with Crippen LogP contribution in [0, 0.1) is 0 Å². The van der Waals surface area contributed by atoms with Gasteiger partial charge in [-0.3, -0.25) is 4.79 Å². The third-order valence-corrected chi connectivity index (χ3v) is 7.14. The predicted molar refractivity (Wildman–Crippen MR) is 132 cm³/mol. The van der Waals surface area contributed by atoms with Gasteiger partial charge in [0, 0.05) is 49.2 Å². The van der Waals surface area contributed by atoms with Gasteiger partial charge in [0.25, 0.3) is 5.91 Å². The van der Waals surface area contributed by atoms with Crippen LogP contribution in [-0.2, 0) is 9.47 Å². The molecular weight excluding hydrogens is 444 g/mol. The van der Waals surface area contributed by atoms with E-state index >= 15 is 0 Å². The first-order valence-electron chi connectivity index (χ1n) is 12.4. The third-order valence-electron chi connectivity index (χ3n) is 7.14. The molecule has 3 saturated heterocycles. The van der Waals surface area contributed by atoms with Crippen molar-refractivity contribution in [2.45, 2.75) is 44.1 Å². The number of anilines is 1. The van der Waals surface area contributed by atoms with Crippen LogP contribution in [0.1, 0.15) is 41.9 Å². The van der Waals surface area contributed by atoms with Crippen molar-refractivity contribution in [3.05, 3.63) is 47.7 Å². The van der Waals surface area contributed by atoms with Crippen molar-refractivity contribution in [2.24, 2.45) is 0 Å². The van der Waals surface area contributed by atoms with E-state index in [4.69, 9.17) is 24.4 Å². The van der Waals surface area contributed by atoms with Gasteiger partial charge in [0.05, 0.1) is 30.2 Å². The molecule has 0 radical (unpaired) electrons. The monoisotopic (exact) mass is 474 g/mol. The molecule has 9 heteroatoms. The number of ether oxygens (including phenoxy) is 2. The summed E-state index contributed by atoms with van der Waals surface area (Å²) in [5, 5.41) is 7.06. The summed E-state index contributed by atoms with van der Waals surface area (Å²) < 4.78 is 12.2. The number of benzene rings is 1. The highest BCUT2D eigenvalue weighted by Crippen LogP contribution is 2.33. The van der Waals surface area contributed by atoms with Gasteiger partial charge in [-0.05, 0) is 44.0 Å². The fourth-order valence-electron chi connectivity index (χ4n) is 5.32. The van der Waals surface area contributed by atoms with Gasteiger partial charge in [-0.2, -0.15) is 4.98 Å². The molecule has 2 bridgehead atoms. The van der Waals surface area contributed by atoms with Gasteiger partial charge >= 0.3 is 0 Å². The number of carbonyl (C=O) groups is 1. The number of hydrogen-bond donors (Lipinski definition) is 2. The largest absolute Gasteiger partial charge is 0.371 e. The van der Waals surface area contributed by atoms with Crippen molar-refractivity contribution in [2.75, 3.05) is 38.2 Å². The molecule has 9 nitrogen and oxygen atoms in total. The highest BCUT2D eigenvalue weighted by Gasteiger charge is 2.36. The Labute approximate surface area is 204 Å². The third kappa shape index (κ3) is 4.24. The summed E-state index contributed by atoms with van der Waals surface area (Å²) in [5.74, 6) is 0.551. The number of morpholine rings is 2. The Morgan fingerprint density at radius 2 is 1.94 bits per heavy atom. The summed E-state index contributed by atoms with van der Waals surface area (Å²) in [7, 11) is 1.63. The average Bonchev–Trinajstić information content (AvgIpc) is 3.24. The van der Waals surface area contributed by atoms with E-state index < -0.39 is 0 Å². The summed E-state index contributed by atoms with van der Waals surface area (Å²) in [6.45, 7) is 5.15. The molecule has 5 heterocycles. The van der Waals surface area contributed by atoms with Crippen LogP contribution in [-0.4, -0.2) is 72.4 Å². The van der Waals surface area contributed by atoms with Crippen LogP contribution in [0.15, 0.2) is 36.4 Å². The molecule has 0 aliphatic carbocycles. The minimum absolute atomic E-state index is 0.125. The maximum Gasteiger partial charge on any atom is 0.251 e. The van der Waals surface area contributed by atoms with Crippen LogP contribution in [0.2, 0.25) is 0 Å². The Balaban J connectivity index is 1.45. The number of amides is 1. The van der Waals surface area contributed by atoms with E-state index in [1.165, 1.54) is 0 Å². The lowest BCUT2D eigenvalue weighted by Crippen LogP contribution is -2.44. The van der Waals surface area contributed by atoms with Crippen molar-refractivity contribution in [1.82, 2.24) is 25.6 Å². The molecule has 1 amide bonds. The van der Waals surface area contributed by atoms with Crippen molar-refractivity contribution in [1.29, 1.82) is 0 Å². The second-order valence-corrected chi connectivity index (χ2v) is 9.53. The molecular formula is C26H30N6O3. The zero-order valence-corrected chi connectivity index (χ0v) is 20.0. The van der Waals surface area contributed by atoms with E-state index in [1.807, 2.05) is 30.3 Å². The second kappa shape index (κ2) is 9.14. The highest BCUT2D eigenvalue weighted by atomic mass is 16.5. The van der Waals surface area contributed by atoms with Crippen LogP contribution >= 0.6 is 0 Å². The standard InChI is InChI=1S/C26H30N6O3/c1-15-23(34-11-10-28-15)22-20-8-9-21(16-4-3-5-17(12-16)25(33)27-2)29-24(20)31-26(30-22)32-13-18-6-7-19(14-32)35-18/h3-5,8-9,12,15,18-19,23,28H,6-7,10-11,13-14H2,1-2H3,(H,27,33)/t15?,18?,19?,23-/m0/s1. The SMILES string of the molecule is CNC(=O)c1cccc(-c2ccc3c([C@H]4OCCNC4C)nc(N4CC5CCC(C4)O5)nc3n2)c1. The van der Waals surface area contributed by atoms with Gasteiger partial charge < -0.3 is 25.0 Å². The quantitative estimate of drug-likeness (QED) is 0.595. The lowest BCUT2D eigenvalue weighted by atomic mass is 10.0. The molecule has 182 valence electrons. The van der Waals surface area contributed by atoms with Crippen LogP contribution in [0.4, 0.5) is 5.95 Å². The average molecular weight is 475 g/mol. The number of nitrogens with zero attached hydrogens (tertiary/aromatic N) is 4. The Hall–Kier alpha value is -3.14. The molecule has 0 spiro atoms. The van der Waals surface area contributed by atoms with Crippen LogP contribution in [0.5, 0.6) is 0 Å². The summed E-state index contributed by atoms with van der Waals surface area (Å²) in [4.78, 5) is 29.3. The number of pyridine rings is 1. The van der Waals surface area contributed by atoms with Gasteiger partial charge in [-0.1, -0.05) is 12.1 Å². The minimum atomic E-state index is -0.185. The van der Waals surface area contributed by atoms with Crippen LogP contribution in [0.3, 0.4) is 0 Å². The highest BCUT2D eigenvalue weighted by molar-refractivity contribution is 5.95. The maximum absolute atomic E-state index is 12.1. The first-order chi connectivity index (χ1) is 17.1. The normalized spacial score (nSPS) is 26.2. The minimum Gasteiger partial charge on any atom is -0.371 e. The Morgan fingerprint density at radius 3 is 2.71 bits per heavy atom. The molecule has 3 aliphatic rings. The molecule has 2 aromatic heterocycles. The molecule has 4 atom stereocenters. The number of aromatic nitrogens is 3. The smallest absolute Gasteiger partial charge is 0.251 e. The molecule has 6 rings (SSSR count). The summed E-state index contributed by atoms with van der Waals surface area (Å²) in [6.07, 6.45) is 2.44. The molecule has 3 aliphatic heterocycles. The van der Waals surface area contributed by atoms with Gasteiger partial charge in [0.1, 0.15) is 6.10 Å². The topological polar surface area (TPSA) is 102 Å². The van der Waals surface area contributed by atoms with E-state index in [-0.39, 0.29) is 30.3 Å². The molecule has 3 fully saturated rings. The van der Waals surface area contributed by atoms with Crippen molar-refractivity contribution in [3.8, 4) is 11.3 Å². The zero-order valence-electron chi connectivity index (χ0n) is 20.0. The molecule has 3 aromatic rings. The van der Waals surface area contributed by atoms with Gasteiger partial charge in [0.2, 0.25) is 5.95 Å². The Kier molecular flexibility index (Phi) is 5.83. The lowest BCUT2D eigenvalue weighted by Gasteiger charge is -2.34. The number of fused-ring (bicyclic) bond motifs is 3.